The summed E-state index contributed by atoms with van der Waals surface area (Å²) in [5, 5.41) is 3.59. The van der Waals surface area contributed by atoms with Gasteiger partial charge in [-0.2, -0.15) is 0 Å². The number of anilines is 1. The molecule has 2 heterocycles. The van der Waals surface area contributed by atoms with E-state index < -0.39 is 0 Å². The topological polar surface area (TPSA) is 37.4 Å². The van der Waals surface area contributed by atoms with Crippen LogP contribution in [0, 0.1) is 0 Å². The highest BCUT2D eigenvalue weighted by Gasteiger charge is 2.23. The van der Waals surface area contributed by atoms with Crippen molar-refractivity contribution in [2.24, 2.45) is 0 Å². The van der Waals surface area contributed by atoms with Crippen molar-refractivity contribution in [2.45, 2.75) is 51.3 Å². The predicted molar refractivity (Wildman–Crippen MR) is 81.0 cm³/mol. The van der Waals surface area contributed by atoms with Crippen molar-refractivity contribution >= 4 is 5.69 Å². The molecule has 0 radical (unpaired) electrons. The molecule has 2 fully saturated rings. The summed E-state index contributed by atoms with van der Waals surface area (Å²) in [7, 11) is 0. The van der Waals surface area contributed by atoms with Crippen molar-refractivity contribution < 1.29 is 4.74 Å². The number of pyridine rings is 1. The van der Waals surface area contributed by atoms with Gasteiger partial charge in [0.1, 0.15) is 0 Å². The number of rotatable bonds is 6. The van der Waals surface area contributed by atoms with E-state index in [-0.39, 0.29) is 0 Å². The van der Waals surface area contributed by atoms with Crippen LogP contribution in [0.2, 0.25) is 0 Å². The first-order valence-electron chi connectivity index (χ1n) is 7.89. The Bertz CT molecular complexity index is 425. The Kier molecular flexibility index (Phi) is 4.53. The molecule has 1 saturated carbocycles. The maximum absolute atomic E-state index is 5.73. The number of nitrogens with zero attached hydrogens (tertiary/aromatic N) is 2. The van der Waals surface area contributed by atoms with Crippen LogP contribution in [0.15, 0.2) is 18.5 Å². The summed E-state index contributed by atoms with van der Waals surface area (Å²) in [6.07, 6.45) is 9.29. The average molecular weight is 275 g/mol. The summed E-state index contributed by atoms with van der Waals surface area (Å²) >= 11 is 0. The Morgan fingerprint density at radius 3 is 2.80 bits per heavy atom. The van der Waals surface area contributed by atoms with Crippen LogP contribution in [-0.4, -0.2) is 36.8 Å². The van der Waals surface area contributed by atoms with E-state index in [0.717, 1.165) is 45.1 Å². The molecule has 4 nitrogen and oxygen atoms in total. The van der Waals surface area contributed by atoms with Gasteiger partial charge in [0.25, 0.3) is 0 Å². The monoisotopic (exact) mass is 275 g/mol. The lowest BCUT2D eigenvalue weighted by Crippen LogP contribution is -2.37. The summed E-state index contributed by atoms with van der Waals surface area (Å²) in [5.41, 5.74) is 2.68. The molecule has 1 N–H and O–H groups in total. The molecule has 0 amide bonds. The van der Waals surface area contributed by atoms with Crippen LogP contribution in [0.4, 0.5) is 5.69 Å². The third-order valence-electron chi connectivity index (χ3n) is 4.22. The molecular formula is C16H25N3O. The molecular weight excluding hydrogens is 250 g/mol. The zero-order chi connectivity index (χ0) is 13.8. The fourth-order valence-electron chi connectivity index (χ4n) is 2.91. The molecule has 4 heteroatoms. The van der Waals surface area contributed by atoms with Gasteiger partial charge in [0, 0.05) is 55.9 Å². The van der Waals surface area contributed by atoms with Gasteiger partial charge in [-0.05, 0) is 38.7 Å². The minimum absolute atomic E-state index is 0.450. The number of ether oxygens (including phenoxy) is 1. The van der Waals surface area contributed by atoms with Crippen molar-refractivity contribution in [3.63, 3.8) is 0 Å². The van der Waals surface area contributed by atoms with E-state index in [2.05, 4.69) is 28.2 Å². The lowest BCUT2D eigenvalue weighted by Gasteiger charge is -2.34. The lowest BCUT2D eigenvalue weighted by molar-refractivity contribution is 0.0459. The van der Waals surface area contributed by atoms with E-state index in [1.165, 1.54) is 24.1 Å². The molecule has 1 aromatic heterocycles. The molecule has 0 aromatic carbocycles. The van der Waals surface area contributed by atoms with Crippen LogP contribution < -0.4 is 10.2 Å². The number of aromatic nitrogens is 1. The summed E-state index contributed by atoms with van der Waals surface area (Å²) in [6, 6.07) is 2.90. The molecule has 2 aliphatic rings. The van der Waals surface area contributed by atoms with E-state index in [9.17, 15) is 0 Å². The maximum Gasteiger partial charge on any atom is 0.0608 e. The summed E-state index contributed by atoms with van der Waals surface area (Å²) in [5.74, 6) is 0. The lowest BCUT2D eigenvalue weighted by atomic mass is 10.1. The Morgan fingerprint density at radius 1 is 1.30 bits per heavy atom. The van der Waals surface area contributed by atoms with Crippen LogP contribution in [0.1, 0.15) is 38.2 Å². The molecule has 0 unspecified atom stereocenters. The van der Waals surface area contributed by atoms with Crippen LogP contribution in [-0.2, 0) is 11.3 Å². The highest BCUT2D eigenvalue weighted by molar-refractivity contribution is 5.52. The van der Waals surface area contributed by atoms with E-state index in [1.54, 1.807) is 0 Å². The summed E-state index contributed by atoms with van der Waals surface area (Å²) < 4.78 is 5.73. The van der Waals surface area contributed by atoms with E-state index in [1.807, 2.05) is 12.4 Å². The minimum atomic E-state index is 0.450. The smallest absolute Gasteiger partial charge is 0.0608 e. The van der Waals surface area contributed by atoms with Crippen LogP contribution in [0.3, 0.4) is 0 Å². The first kappa shape index (κ1) is 13.8. The van der Waals surface area contributed by atoms with Crippen molar-refractivity contribution in [3.8, 4) is 0 Å². The normalized spacial score (nSPS) is 20.4. The van der Waals surface area contributed by atoms with Gasteiger partial charge in [-0.15, -0.1) is 0 Å². The molecule has 110 valence electrons. The SMILES string of the molecule is CCOC1CCN(c2ccncc2CNC2CC2)CC1. The maximum atomic E-state index is 5.73. The van der Waals surface area contributed by atoms with Crippen molar-refractivity contribution in [1.82, 2.24) is 10.3 Å². The van der Waals surface area contributed by atoms with Crippen LogP contribution in [0.5, 0.6) is 0 Å². The van der Waals surface area contributed by atoms with Gasteiger partial charge < -0.3 is 15.0 Å². The fraction of sp³-hybridized carbons (Fsp3) is 0.688. The summed E-state index contributed by atoms with van der Waals surface area (Å²) in [6.45, 7) is 6.03. The largest absolute Gasteiger partial charge is 0.378 e. The molecule has 0 atom stereocenters. The van der Waals surface area contributed by atoms with Gasteiger partial charge in [0.15, 0.2) is 0 Å². The Balaban J connectivity index is 1.61. The predicted octanol–water partition coefficient (Wildman–Crippen LogP) is 2.34. The third kappa shape index (κ3) is 3.49. The first-order valence-corrected chi connectivity index (χ1v) is 7.89. The molecule has 3 rings (SSSR count). The third-order valence-corrected chi connectivity index (χ3v) is 4.22. The first-order chi connectivity index (χ1) is 9.86. The van der Waals surface area contributed by atoms with Gasteiger partial charge in [-0.1, -0.05) is 0 Å². The highest BCUT2D eigenvalue weighted by Crippen LogP contribution is 2.26. The van der Waals surface area contributed by atoms with E-state index in [0.29, 0.717) is 6.10 Å². The second-order valence-electron chi connectivity index (χ2n) is 5.80. The van der Waals surface area contributed by atoms with Gasteiger partial charge in [-0.3, -0.25) is 4.98 Å². The zero-order valence-electron chi connectivity index (χ0n) is 12.3. The van der Waals surface area contributed by atoms with Gasteiger partial charge in [0.2, 0.25) is 0 Å². The number of hydrogen-bond donors (Lipinski definition) is 1. The van der Waals surface area contributed by atoms with Crippen molar-refractivity contribution in [3.05, 3.63) is 24.0 Å². The molecule has 1 saturated heterocycles. The fourth-order valence-corrected chi connectivity index (χ4v) is 2.91. The summed E-state index contributed by atoms with van der Waals surface area (Å²) in [4.78, 5) is 6.78. The van der Waals surface area contributed by atoms with Crippen LogP contribution >= 0.6 is 0 Å². The van der Waals surface area contributed by atoms with Crippen molar-refractivity contribution in [1.29, 1.82) is 0 Å². The second-order valence-corrected chi connectivity index (χ2v) is 5.80. The molecule has 20 heavy (non-hydrogen) atoms. The number of hydrogen-bond acceptors (Lipinski definition) is 4. The Morgan fingerprint density at radius 2 is 2.10 bits per heavy atom. The Hall–Kier alpha value is -1.13. The van der Waals surface area contributed by atoms with Gasteiger partial charge in [-0.25, -0.2) is 0 Å². The molecule has 1 aliphatic carbocycles. The average Bonchev–Trinajstić information content (AvgIpc) is 3.31. The second kappa shape index (κ2) is 6.55. The van der Waals surface area contributed by atoms with Gasteiger partial charge in [0.05, 0.1) is 6.10 Å². The van der Waals surface area contributed by atoms with Crippen LogP contribution in [0.25, 0.3) is 0 Å². The van der Waals surface area contributed by atoms with Gasteiger partial charge >= 0.3 is 0 Å². The minimum Gasteiger partial charge on any atom is -0.378 e. The molecule has 0 bridgehead atoms. The number of nitrogens with one attached hydrogen (secondary N) is 1. The van der Waals surface area contributed by atoms with E-state index >= 15 is 0 Å². The highest BCUT2D eigenvalue weighted by atomic mass is 16.5. The number of piperidine rings is 1. The Labute approximate surface area is 121 Å². The van der Waals surface area contributed by atoms with Crippen molar-refractivity contribution in [2.75, 3.05) is 24.6 Å². The standard InChI is InChI=1S/C16H25N3O/c1-2-20-15-6-9-19(10-7-15)16-5-8-17-11-13(16)12-18-14-3-4-14/h5,8,11,14-15,18H,2-4,6-7,9-10,12H2,1H3. The quantitative estimate of drug-likeness (QED) is 0.864. The van der Waals surface area contributed by atoms with E-state index in [4.69, 9.17) is 4.74 Å². The molecule has 0 spiro atoms. The molecule has 1 aromatic rings. The molecule has 1 aliphatic heterocycles. The zero-order valence-corrected chi connectivity index (χ0v) is 12.3.